The van der Waals surface area contributed by atoms with Crippen molar-refractivity contribution in [3.05, 3.63) is 95.4 Å². The number of nitrogens with one attached hydrogen (secondary N) is 1. The van der Waals surface area contributed by atoms with Crippen molar-refractivity contribution in [1.29, 1.82) is 0 Å². The summed E-state index contributed by atoms with van der Waals surface area (Å²) in [4.78, 5) is 22.8. The summed E-state index contributed by atoms with van der Waals surface area (Å²) >= 11 is 3.44. The van der Waals surface area contributed by atoms with Crippen molar-refractivity contribution in [2.75, 3.05) is 6.54 Å². The summed E-state index contributed by atoms with van der Waals surface area (Å²) < 4.78 is 3.24. The van der Waals surface area contributed by atoms with Crippen LogP contribution in [0.25, 0.3) is 15.9 Å². The number of aromatic nitrogens is 3. The van der Waals surface area contributed by atoms with E-state index in [2.05, 4.69) is 27.5 Å². The van der Waals surface area contributed by atoms with Crippen molar-refractivity contribution >= 4 is 44.9 Å². The number of fused-ring (bicyclic) bond motifs is 2. The highest BCUT2D eigenvalue weighted by atomic mass is 32.2. The first-order valence-corrected chi connectivity index (χ1v) is 12.3. The second-order valence-electron chi connectivity index (χ2n) is 7.45. The smallest absolute Gasteiger partial charge is 0.251 e. The maximum absolute atomic E-state index is 12.4. The van der Waals surface area contributed by atoms with Gasteiger partial charge < -0.3 is 9.72 Å². The van der Waals surface area contributed by atoms with Crippen LogP contribution < -0.4 is 5.32 Å². The second-order valence-corrected chi connectivity index (χ2v) is 9.61. The van der Waals surface area contributed by atoms with Crippen molar-refractivity contribution in [2.24, 2.45) is 0 Å². The minimum atomic E-state index is -0.0359. The molecule has 3 aromatic heterocycles. The third kappa shape index (κ3) is 4.84. The van der Waals surface area contributed by atoms with Gasteiger partial charge in [-0.25, -0.2) is 9.97 Å². The van der Waals surface area contributed by atoms with Gasteiger partial charge in [0.15, 0.2) is 0 Å². The molecule has 0 unspecified atom stereocenters. The molecule has 0 radical (unpaired) electrons. The highest BCUT2D eigenvalue weighted by Gasteiger charge is 2.07. The average molecular weight is 459 g/mol. The number of rotatable bonds is 8. The molecule has 0 saturated carbocycles. The third-order valence-corrected chi connectivity index (χ3v) is 7.25. The molecule has 0 aliphatic rings. The van der Waals surface area contributed by atoms with Crippen molar-refractivity contribution in [3.8, 4) is 0 Å². The normalized spacial score (nSPS) is 11.2. The number of aryl methyl sites for hydroxylation is 1. The molecule has 0 aliphatic carbocycles. The van der Waals surface area contributed by atoms with E-state index in [0.29, 0.717) is 12.1 Å². The summed E-state index contributed by atoms with van der Waals surface area (Å²) in [6.07, 6.45) is 5.80. The number of para-hydroxylation sites is 1. The van der Waals surface area contributed by atoms with E-state index in [1.807, 2.05) is 71.3 Å². The number of hydrogen-bond donors (Lipinski definition) is 1. The van der Waals surface area contributed by atoms with E-state index in [9.17, 15) is 4.79 Å². The van der Waals surface area contributed by atoms with Crippen LogP contribution in [-0.2, 0) is 12.2 Å². The van der Waals surface area contributed by atoms with E-state index in [1.165, 1.54) is 4.70 Å². The van der Waals surface area contributed by atoms with E-state index < -0.39 is 0 Å². The Labute approximate surface area is 194 Å². The van der Waals surface area contributed by atoms with Crippen molar-refractivity contribution < 1.29 is 4.79 Å². The van der Waals surface area contributed by atoms with Gasteiger partial charge in [0.2, 0.25) is 0 Å². The molecule has 7 heteroatoms. The van der Waals surface area contributed by atoms with Crippen LogP contribution in [0, 0.1) is 0 Å². The number of benzene rings is 2. The Morgan fingerprint density at radius 3 is 2.69 bits per heavy atom. The van der Waals surface area contributed by atoms with Crippen LogP contribution in [-0.4, -0.2) is 26.8 Å². The summed E-state index contributed by atoms with van der Waals surface area (Å²) in [5.41, 5.74) is 3.73. The number of hydrogen-bond acceptors (Lipinski definition) is 5. The summed E-state index contributed by atoms with van der Waals surface area (Å²) in [6.45, 7) is 0.638. The Hall–Kier alpha value is -3.16. The molecule has 5 nitrogen and oxygen atoms in total. The Bertz CT molecular complexity index is 1290. The van der Waals surface area contributed by atoms with Crippen LogP contribution in [0.2, 0.25) is 0 Å². The number of pyridine rings is 1. The standard InChI is InChI=1S/C25H22N4OS2/c30-25(26-14-5-9-24-28-21-6-1-2-7-22(21)32-24)18-10-12-20(13-11-18)31-17-19-16-29-15-4-3-8-23(29)27-19/h1-4,6-8,10-13,15-16H,5,9,14,17H2,(H,26,30). The molecular formula is C25H22N4OS2. The molecule has 0 aliphatic heterocycles. The fourth-order valence-electron chi connectivity index (χ4n) is 3.49. The van der Waals surface area contributed by atoms with Crippen molar-refractivity contribution in [3.63, 3.8) is 0 Å². The zero-order valence-electron chi connectivity index (χ0n) is 17.4. The first-order valence-electron chi connectivity index (χ1n) is 10.5. The lowest BCUT2D eigenvalue weighted by Crippen LogP contribution is -2.24. The maximum Gasteiger partial charge on any atom is 0.251 e. The van der Waals surface area contributed by atoms with Crippen molar-refractivity contribution in [2.45, 2.75) is 23.5 Å². The van der Waals surface area contributed by atoms with E-state index in [0.717, 1.165) is 45.4 Å². The molecule has 0 atom stereocenters. The quantitative estimate of drug-likeness (QED) is 0.243. The molecule has 3 heterocycles. The van der Waals surface area contributed by atoms with E-state index >= 15 is 0 Å². The molecule has 1 N–H and O–H groups in total. The number of carbonyl (C=O) groups excluding carboxylic acids is 1. The highest BCUT2D eigenvalue weighted by molar-refractivity contribution is 7.98. The van der Waals surface area contributed by atoms with Crippen LogP contribution >= 0.6 is 23.1 Å². The van der Waals surface area contributed by atoms with Crippen molar-refractivity contribution in [1.82, 2.24) is 19.7 Å². The Balaban J connectivity index is 1.09. The van der Waals surface area contributed by atoms with Gasteiger partial charge in [-0.05, 0) is 55.0 Å². The van der Waals surface area contributed by atoms with E-state index in [-0.39, 0.29) is 5.91 Å². The first-order chi connectivity index (χ1) is 15.7. The lowest BCUT2D eigenvalue weighted by molar-refractivity contribution is 0.0953. The van der Waals surface area contributed by atoms with Crippen LogP contribution in [0.1, 0.15) is 27.5 Å². The van der Waals surface area contributed by atoms with Crippen LogP contribution in [0.5, 0.6) is 0 Å². The van der Waals surface area contributed by atoms with Gasteiger partial charge in [-0.1, -0.05) is 18.2 Å². The van der Waals surface area contributed by atoms with Gasteiger partial charge in [-0.15, -0.1) is 23.1 Å². The van der Waals surface area contributed by atoms with Gasteiger partial charge in [0.05, 0.1) is 20.9 Å². The summed E-state index contributed by atoms with van der Waals surface area (Å²) in [5.74, 6) is 0.755. The molecular weight excluding hydrogens is 436 g/mol. The molecule has 1 amide bonds. The van der Waals surface area contributed by atoms with E-state index in [4.69, 9.17) is 0 Å². The molecule has 0 saturated heterocycles. The topological polar surface area (TPSA) is 59.3 Å². The fraction of sp³-hybridized carbons (Fsp3) is 0.160. The molecule has 0 fully saturated rings. The highest BCUT2D eigenvalue weighted by Crippen LogP contribution is 2.24. The summed E-state index contributed by atoms with van der Waals surface area (Å²) in [7, 11) is 0. The predicted octanol–water partition coefficient (Wildman–Crippen LogP) is 5.60. The number of thiazole rings is 1. The third-order valence-electron chi connectivity index (χ3n) is 5.11. The molecule has 32 heavy (non-hydrogen) atoms. The van der Waals surface area contributed by atoms with Gasteiger partial charge >= 0.3 is 0 Å². The Morgan fingerprint density at radius 1 is 1.00 bits per heavy atom. The van der Waals surface area contributed by atoms with Gasteiger partial charge in [0.25, 0.3) is 5.91 Å². The fourth-order valence-corrected chi connectivity index (χ4v) is 5.28. The zero-order chi connectivity index (χ0) is 21.8. The van der Waals surface area contributed by atoms with Gasteiger partial charge in [-0.2, -0.15) is 0 Å². The monoisotopic (exact) mass is 458 g/mol. The molecule has 5 rings (SSSR count). The number of imidazole rings is 1. The van der Waals surface area contributed by atoms with Crippen LogP contribution in [0.3, 0.4) is 0 Å². The Kier molecular flexibility index (Phi) is 6.18. The molecule has 160 valence electrons. The van der Waals surface area contributed by atoms with E-state index in [1.54, 1.807) is 23.1 Å². The number of nitrogens with zero attached hydrogens (tertiary/aromatic N) is 3. The predicted molar refractivity (Wildman–Crippen MR) is 131 cm³/mol. The molecule has 0 bridgehead atoms. The maximum atomic E-state index is 12.4. The number of carbonyl (C=O) groups is 1. The number of thioether (sulfide) groups is 1. The second kappa shape index (κ2) is 9.54. The lowest BCUT2D eigenvalue weighted by atomic mass is 10.2. The SMILES string of the molecule is O=C(NCCCc1nc2ccccc2s1)c1ccc(SCc2cn3ccccc3n2)cc1. The minimum absolute atomic E-state index is 0.0359. The van der Waals surface area contributed by atoms with Gasteiger partial charge in [0, 0.05) is 41.6 Å². The summed E-state index contributed by atoms with van der Waals surface area (Å²) in [6, 6.07) is 21.9. The molecule has 5 aromatic rings. The molecule has 2 aromatic carbocycles. The minimum Gasteiger partial charge on any atom is -0.352 e. The first kappa shape index (κ1) is 20.7. The van der Waals surface area contributed by atoms with Crippen LogP contribution in [0.4, 0.5) is 0 Å². The zero-order valence-corrected chi connectivity index (χ0v) is 19.0. The summed E-state index contributed by atoms with van der Waals surface area (Å²) in [5, 5.41) is 4.13. The average Bonchev–Trinajstić information content (AvgIpc) is 3.44. The van der Waals surface area contributed by atoms with Gasteiger partial charge in [0.1, 0.15) is 5.65 Å². The van der Waals surface area contributed by atoms with Gasteiger partial charge in [-0.3, -0.25) is 4.79 Å². The molecule has 0 spiro atoms. The Morgan fingerprint density at radius 2 is 1.84 bits per heavy atom. The largest absolute Gasteiger partial charge is 0.352 e. The lowest BCUT2D eigenvalue weighted by Gasteiger charge is -2.06. The number of amides is 1. The van der Waals surface area contributed by atoms with Crippen LogP contribution in [0.15, 0.2) is 84.0 Å².